The van der Waals surface area contributed by atoms with Crippen LogP contribution in [0.5, 0.6) is 0 Å². The summed E-state index contributed by atoms with van der Waals surface area (Å²) < 4.78 is 0. The molecule has 0 aromatic heterocycles. The highest BCUT2D eigenvalue weighted by atomic mass is 32.2. The van der Waals surface area contributed by atoms with Gasteiger partial charge in [0.15, 0.2) is 5.12 Å². The van der Waals surface area contributed by atoms with Gasteiger partial charge in [-0.15, -0.1) is 0 Å². The van der Waals surface area contributed by atoms with Gasteiger partial charge < -0.3 is 14.7 Å². The van der Waals surface area contributed by atoms with Crippen LogP contribution in [0.25, 0.3) is 0 Å². The van der Waals surface area contributed by atoms with Crippen molar-refractivity contribution in [1.82, 2.24) is 14.7 Å². The molecule has 0 rings (SSSR count). The molecular formula is C39H81N3OS. The first kappa shape index (κ1) is 43.9. The van der Waals surface area contributed by atoms with Gasteiger partial charge in [-0.25, -0.2) is 0 Å². The summed E-state index contributed by atoms with van der Waals surface area (Å²) in [5, 5.41) is 0.390. The summed E-state index contributed by atoms with van der Waals surface area (Å²) in [7, 11) is 2.13. The van der Waals surface area contributed by atoms with Gasteiger partial charge in [0.2, 0.25) is 0 Å². The number of hydrogen-bond donors (Lipinski definition) is 0. The molecule has 264 valence electrons. The summed E-state index contributed by atoms with van der Waals surface area (Å²) in [5.41, 5.74) is 0. The molecule has 4 nitrogen and oxygen atoms in total. The first-order valence-corrected chi connectivity index (χ1v) is 20.8. The Morgan fingerprint density at radius 2 is 0.795 bits per heavy atom. The lowest BCUT2D eigenvalue weighted by Crippen LogP contribution is -2.29. The molecule has 0 N–H and O–H groups in total. The molecule has 0 amide bonds. The summed E-state index contributed by atoms with van der Waals surface area (Å²) in [4.78, 5) is 20.0. The smallest absolute Gasteiger partial charge is 0.188 e. The van der Waals surface area contributed by atoms with Crippen LogP contribution in [0.1, 0.15) is 182 Å². The lowest BCUT2D eigenvalue weighted by atomic mass is 10.1. The summed E-state index contributed by atoms with van der Waals surface area (Å²) >= 11 is 1.54. The molecule has 0 saturated carbocycles. The standard InChI is InChI=1S/C39H81N3OS/c1-6-10-12-14-16-17-18-19-20-22-23-26-32-41(9-4)33-29-30-36-42(34-27-24-21-15-13-11-7-2)35-28-25-31-39(43)44-38-37-40(5)8-3/h6-38H2,1-5H3. The predicted octanol–water partition coefficient (Wildman–Crippen LogP) is 11.2. The first-order chi connectivity index (χ1) is 21.6. The van der Waals surface area contributed by atoms with Gasteiger partial charge in [0.1, 0.15) is 0 Å². The molecule has 0 radical (unpaired) electrons. The number of thioether (sulfide) groups is 1. The topological polar surface area (TPSA) is 26.8 Å². The summed E-state index contributed by atoms with van der Waals surface area (Å²) in [5.74, 6) is 0.932. The molecule has 0 unspecified atom stereocenters. The molecule has 0 heterocycles. The highest BCUT2D eigenvalue weighted by Gasteiger charge is 2.09. The molecule has 0 aliphatic carbocycles. The Hall–Kier alpha value is -0.100. The van der Waals surface area contributed by atoms with Crippen molar-refractivity contribution in [3.05, 3.63) is 0 Å². The van der Waals surface area contributed by atoms with Gasteiger partial charge in [0.25, 0.3) is 0 Å². The van der Waals surface area contributed by atoms with Crippen LogP contribution in [0.3, 0.4) is 0 Å². The second-order valence-electron chi connectivity index (χ2n) is 13.6. The van der Waals surface area contributed by atoms with E-state index in [4.69, 9.17) is 0 Å². The normalized spacial score (nSPS) is 11.9. The van der Waals surface area contributed by atoms with Gasteiger partial charge in [-0.3, -0.25) is 4.79 Å². The molecule has 0 saturated heterocycles. The van der Waals surface area contributed by atoms with E-state index < -0.39 is 0 Å². The van der Waals surface area contributed by atoms with Gasteiger partial charge in [0, 0.05) is 18.7 Å². The largest absolute Gasteiger partial charge is 0.306 e. The minimum absolute atomic E-state index is 0.390. The maximum Gasteiger partial charge on any atom is 0.188 e. The maximum atomic E-state index is 12.3. The zero-order valence-corrected chi connectivity index (χ0v) is 31.8. The first-order valence-electron chi connectivity index (χ1n) is 19.9. The molecule has 0 aliphatic heterocycles. The van der Waals surface area contributed by atoms with Crippen LogP contribution in [0.4, 0.5) is 0 Å². The van der Waals surface area contributed by atoms with Crippen LogP contribution in [-0.2, 0) is 4.79 Å². The molecule has 44 heavy (non-hydrogen) atoms. The van der Waals surface area contributed by atoms with Gasteiger partial charge >= 0.3 is 0 Å². The number of nitrogens with zero attached hydrogens (tertiary/aromatic N) is 3. The van der Waals surface area contributed by atoms with Crippen molar-refractivity contribution in [1.29, 1.82) is 0 Å². The van der Waals surface area contributed by atoms with Gasteiger partial charge in [-0.05, 0) is 91.4 Å². The molecule has 0 aromatic rings. The predicted molar refractivity (Wildman–Crippen MR) is 201 cm³/mol. The van der Waals surface area contributed by atoms with Crippen LogP contribution < -0.4 is 0 Å². The van der Waals surface area contributed by atoms with Crippen LogP contribution in [0, 0.1) is 0 Å². The van der Waals surface area contributed by atoms with E-state index in [1.54, 1.807) is 11.8 Å². The molecule has 0 aliphatic rings. The monoisotopic (exact) mass is 640 g/mol. The minimum Gasteiger partial charge on any atom is -0.306 e. The van der Waals surface area contributed by atoms with Crippen molar-refractivity contribution >= 4 is 16.9 Å². The number of hydrogen-bond acceptors (Lipinski definition) is 5. The number of carbonyl (C=O) groups excluding carboxylic acids is 1. The van der Waals surface area contributed by atoms with E-state index in [0.717, 1.165) is 38.1 Å². The van der Waals surface area contributed by atoms with E-state index in [1.807, 2.05) is 0 Å². The van der Waals surface area contributed by atoms with Crippen molar-refractivity contribution in [3.8, 4) is 0 Å². The summed E-state index contributed by atoms with van der Waals surface area (Å²) in [6.07, 6.45) is 32.4. The van der Waals surface area contributed by atoms with Crippen molar-refractivity contribution in [2.45, 2.75) is 182 Å². The zero-order valence-electron chi connectivity index (χ0n) is 31.0. The van der Waals surface area contributed by atoms with Crippen LogP contribution in [0.2, 0.25) is 0 Å². The fourth-order valence-corrected chi connectivity index (χ4v) is 6.97. The molecular weight excluding hydrogens is 559 g/mol. The second-order valence-corrected chi connectivity index (χ2v) is 14.7. The quantitative estimate of drug-likeness (QED) is 0.0636. The van der Waals surface area contributed by atoms with Crippen molar-refractivity contribution in [3.63, 3.8) is 0 Å². The van der Waals surface area contributed by atoms with E-state index >= 15 is 0 Å². The zero-order chi connectivity index (χ0) is 32.4. The highest BCUT2D eigenvalue weighted by Crippen LogP contribution is 2.14. The Morgan fingerprint density at radius 3 is 1.20 bits per heavy atom. The Bertz CT molecular complexity index is 576. The number of carbonyl (C=O) groups is 1. The maximum absolute atomic E-state index is 12.3. The second kappa shape index (κ2) is 35.7. The van der Waals surface area contributed by atoms with Gasteiger partial charge in [-0.2, -0.15) is 0 Å². The number of rotatable bonds is 36. The lowest BCUT2D eigenvalue weighted by molar-refractivity contribution is -0.111. The Labute approximate surface area is 282 Å². The summed E-state index contributed by atoms with van der Waals surface area (Å²) in [6.45, 7) is 18.6. The van der Waals surface area contributed by atoms with E-state index in [0.29, 0.717) is 5.12 Å². The van der Waals surface area contributed by atoms with Crippen LogP contribution in [0.15, 0.2) is 0 Å². The van der Waals surface area contributed by atoms with E-state index in [2.05, 4.69) is 49.4 Å². The van der Waals surface area contributed by atoms with Crippen molar-refractivity contribution in [2.24, 2.45) is 0 Å². The highest BCUT2D eigenvalue weighted by molar-refractivity contribution is 8.13. The SMILES string of the molecule is CCCCCCCCCCCCCCN(CC)CCCCN(CCCCCCCCC)CCCCC(=O)SCCN(C)CC. The Kier molecular flexibility index (Phi) is 35.7. The van der Waals surface area contributed by atoms with Crippen LogP contribution in [-0.4, -0.2) is 85.0 Å². The molecule has 0 atom stereocenters. The molecule has 5 heteroatoms. The lowest BCUT2D eigenvalue weighted by Gasteiger charge is -2.24. The van der Waals surface area contributed by atoms with Crippen molar-refractivity contribution in [2.75, 3.05) is 65.2 Å². The minimum atomic E-state index is 0.390. The molecule has 0 bridgehead atoms. The Balaban J connectivity index is 4.12. The van der Waals surface area contributed by atoms with Gasteiger partial charge in [-0.1, -0.05) is 149 Å². The van der Waals surface area contributed by atoms with Crippen LogP contribution >= 0.6 is 11.8 Å². The molecule has 0 fully saturated rings. The number of unbranched alkanes of at least 4 members (excludes halogenated alkanes) is 19. The van der Waals surface area contributed by atoms with E-state index in [-0.39, 0.29) is 0 Å². The van der Waals surface area contributed by atoms with Gasteiger partial charge in [0.05, 0.1) is 0 Å². The third kappa shape index (κ3) is 31.9. The average Bonchev–Trinajstić information content (AvgIpc) is 3.03. The molecule has 0 spiro atoms. The Morgan fingerprint density at radius 1 is 0.432 bits per heavy atom. The third-order valence-electron chi connectivity index (χ3n) is 9.43. The fourth-order valence-electron chi connectivity index (χ4n) is 6.05. The van der Waals surface area contributed by atoms with Crippen molar-refractivity contribution < 1.29 is 4.79 Å². The molecule has 0 aromatic carbocycles. The van der Waals surface area contributed by atoms with E-state index in [1.165, 1.54) is 174 Å². The fraction of sp³-hybridized carbons (Fsp3) is 0.974. The summed E-state index contributed by atoms with van der Waals surface area (Å²) in [6, 6.07) is 0. The van der Waals surface area contributed by atoms with E-state index in [9.17, 15) is 4.79 Å². The third-order valence-corrected chi connectivity index (χ3v) is 10.3. The average molecular weight is 640 g/mol.